The third-order valence-electron chi connectivity index (χ3n) is 5.31. The summed E-state index contributed by atoms with van der Waals surface area (Å²) in [7, 11) is 0. The number of carbonyl (C=O) groups is 1. The predicted octanol–water partition coefficient (Wildman–Crippen LogP) is 5.73. The molecular formula is C24H16Cl2N2O3S. The van der Waals surface area contributed by atoms with Gasteiger partial charge in [0.1, 0.15) is 11.6 Å². The average Bonchev–Trinajstić information content (AvgIpc) is 3.12. The van der Waals surface area contributed by atoms with Crippen molar-refractivity contribution >= 4 is 50.4 Å². The first-order chi connectivity index (χ1) is 15.3. The van der Waals surface area contributed by atoms with E-state index in [9.17, 15) is 20.0 Å². The summed E-state index contributed by atoms with van der Waals surface area (Å²) in [6.07, 6.45) is 0.440. The molecule has 32 heavy (non-hydrogen) atoms. The average molecular weight is 483 g/mol. The van der Waals surface area contributed by atoms with Gasteiger partial charge >= 0.3 is 0 Å². The number of nitrogens with zero attached hydrogens (tertiary/aromatic N) is 2. The van der Waals surface area contributed by atoms with E-state index in [0.717, 1.165) is 26.2 Å². The van der Waals surface area contributed by atoms with Gasteiger partial charge in [0.25, 0.3) is 5.56 Å². The Morgan fingerprint density at radius 2 is 1.88 bits per heavy atom. The molecule has 0 fully saturated rings. The lowest BCUT2D eigenvalue weighted by Crippen LogP contribution is -2.27. The highest BCUT2D eigenvalue weighted by molar-refractivity contribution is 7.22. The molecule has 0 aliphatic carbocycles. The molecule has 0 atom stereocenters. The third-order valence-corrected chi connectivity index (χ3v) is 7.27. The number of benzene rings is 2. The van der Waals surface area contributed by atoms with Crippen LogP contribution in [0.15, 0.2) is 53.3 Å². The molecule has 0 amide bonds. The number of aryl methyl sites for hydroxylation is 1. The smallest absolute Gasteiger partial charge is 0.271 e. The molecule has 0 aliphatic heterocycles. The first-order valence-electron chi connectivity index (χ1n) is 9.66. The van der Waals surface area contributed by atoms with Gasteiger partial charge in [0.15, 0.2) is 0 Å². The van der Waals surface area contributed by atoms with Crippen LogP contribution in [0.2, 0.25) is 10.0 Å². The van der Waals surface area contributed by atoms with Gasteiger partial charge in [-0.1, -0.05) is 59.6 Å². The summed E-state index contributed by atoms with van der Waals surface area (Å²) in [4.78, 5) is 26.5. The lowest BCUT2D eigenvalue weighted by molar-refractivity contribution is 0.103. The summed E-state index contributed by atoms with van der Waals surface area (Å²) in [5, 5.41) is 21.7. The van der Waals surface area contributed by atoms with E-state index in [4.69, 9.17) is 23.2 Å². The number of carbonyl (C=O) groups excluding carboxylic acids is 1. The zero-order valence-electron chi connectivity index (χ0n) is 16.9. The van der Waals surface area contributed by atoms with Crippen molar-refractivity contribution in [3.05, 3.63) is 96.1 Å². The number of aromatic hydroxyl groups is 1. The van der Waals surface area contributed by atoms with E-state index in [1.165, 1.54) is 6.92 Å². The Hall–Kier alpha value is -3.11. The molecule has 0 unspecified atom stereocenters. The molecule has 2 aromatic carbocycles. The van der Waals surface area contributed by atoms with Crippen LogP contribution in [-0.4, -0.2) is 15.5 Å². The van der Waals surface area contributed by atoms with E-state index >= 15 is 0 Å². The Kier molecular flexibility index (Phi) is 6.07. The number of pyridine rings is 1. The highest BCUT2D eigenvalue weighted by Gasteiger charge is 2.28. The molecule has 4 aromatic rings. The van der Waals surface area contributed by atoms with Gasteiger partial charge < -0.3 is 5.11 Å². The van der Waals surface area contributed by atoms with Gasteiger partial charge in [0, 0.05) is 16.6 Å². The minimum absolute atomic E-state index is 0.107. The van der Waals surface area contributed by atoms with Gasteiger partial charge in [-0.2, -0.15) is 5.26 Å². The molecule has 0 aliphatic rings. The van der Waals surface area contributed by atoms with E-state index in [1.807, 2.05) is 36.4 Å². The highest BCUT2D eigenvalue weighted by Crippen LogP contribution is 2.41. The van der Waals surface area contributed by atoms with E-state index in [2.05, 4.69) is 0 Å². The van der Waals surface area contributed by atoms with Crippen molar-refractivity contribution in [3.8, 4) is 11.9 Å². The van der Waals surface area contributed by atoms with Crippen molar-refractivity contribution in [2.75, 3.05) is 0 Å². The van der Waals surface area contributed by atoms with Crippen LogP contribution >= 0.6 is 34.5 Å². The molecule has 2 aromatic heterocycles. The highest BCUT2D eigenvalue weighted by atomic mass is 35.5. The zero-order valence-corrected chi connectivity index (χ0v) is 19.2. The summed E-state index contributed by atoms with van der Waals surface area (Å²) in [6, 6.07) is 16.5. The lowest BCUT2D eigenvalue weighted by Gasteiger charge is -2.15. The van der Waals surface area contributed by atoms with Gasteiger partial charge in [-0.15, -0.1) is 11.3 Å². The fraction of sp³-hybridized carbons (Fsp3) is 0.125. The molecule has 2 heterocycles. The standard InChI is InChI=1S/C24H16Cl2N2O3S/c1-13-15(12-27)23(30)28(11-10-14-6-3-2-4-7-14)24(31)18(13)21(29)22-20(26)19-16(25)8-5-9-17(19)32-22/h2-9,31H,10-11H2,1H3. The molecule has 0 spiro atoms. The predicted molar refractivity (Wildman–Crippen MR) is 127 cm³/mol. The normalized spacial score (nSPS) is 10.9. The SMILES string of the molecule is Cc1c(C(=O)c2sc3cccc(Cl)c3c2Cl)c(O)n(CCc2ccccc2)c(=O)c1C#N. The summed E-state index contributed by atoms with van der Waals surface area (Å²) >= 11 is 13.9. The number of hydrogen-bond donors (Lipinski definition) is 1. The topological polar surface area (TPSA) is 83.1 Å². The second-order valence-corrected chi connectivity index (χ2v) is 9.03. The molecule has 4 rings (SSSR count). The van der Waals surface area contributed by atoms with Crippen molar-refractivity contribution in [2.45, 2.75) is 19.9 Å². The van der Waals surface area contributed by atoms with Crippen LogP contribution in [0.25, 0.3) is 10.1 Å². The summed E-state index contributed by atoms with van der Waals surface area (Å²) in [6.45, 7) is 1.58. The summed E-state index contributed by atoms with van der Waals surface area (Å²) in [5.74, 6) is -1.04. The number of rotatable bonds is 5. The maximum absolute atomic E-state index is 13.5. The molecule has 1 N–H and O–H groups in total. The maximum Gasteiger partial charge on any atom is 0.271 e. The monoisotopic (exact) mass is 482 g/mol. The molecule has 0 bridgehead atoms. The second-order valence-electron chi connectivity index (χ2n) is 7.19. The van der Waals surface area contributed by atoms with Crippen LogP contribution in [0.3, 0.4) is 0 Å². The largest absolute Gasteiger partial charge is 0.494 e. The minimum Gasteiger partial charge on any atom is -0.494 e. The van der Waals surface area contributed by atoms with Crippen molar-refractivity contribution in [2.24, 2.45) is 0 Å². The van der Waals surface area contributed by atoms with Crippen molar-refractivity contribution in [1.82, 2.24) is 4.57 Å². The van der Waals surface area contributed by atoms with Crippen LogP contribution in [0.1, 0.15) is 31.9 Å². The van der Waals surface area contributed by atoms with Crippen LogP contribution in [-0.2, 0) is 13.0 Å². The van der Waals surface area contributed by atoms with Crippen molar-refractivity contribution in [3.63, 3.8) is 0 Å². The maximum atomic E-state index is 13.5. The fourth-order valence-electron chi connectivity index (χ4n) is 3.65. The van der Waals surface area contributed by atoms with E-state index in [0.29, 0.717) is 16.8 Å². The van der Waals surface area contributed by atoms with Gasteiger partial charge in [-0.3, -0.25) is 14.2 Å². The number of thiophene rings is 1. The molecule has 5 nitrogen and oxygen atoms in total. The lowest BCUT2D eigenvalue weighted by atomic mass is 10.0. The summed E-state index contributed by atoms with van der Waals surface area (Å²) in [5.41, 5.74) is 0.136. The Bertz CT molecular complexity index is 1470. The van der Waals surface area contributed by atoms with Gasteiger partial charge in [0.05, 0.1) is 20.5 Å². The van der Waals surface area contributed by atoms with Crippen molar-refractivity contribution in [1.29, 1.82) is 5.26 Å². The minimum atomic E-state index is -0.638. The fourth-order valence-corrected chi connectivity index (χ4v) is 5.55. The van der Waals surface area contributed by atoms with E-state index in [-0.39, 0.29) is 33.1 Å². The zero-order chi connectivity index (χ0) is 23.0. The van der Waals surface area contributed by atoms with E-state index < -0.39 is 17.2 Å². The first kappa shape index (κ1) is 22.1. The van der Waals surface area contributed by atoms with Gasteiger partial charge in [0.2, 0.25) is 11.7 Å². The van der Waals surface area contributed by atoms with Crippen LogP contribution in [0.4, 0.5) is 0 Å². The number of aromatic nitrogens is 1. The van der Waals surface area contributed by atoms with E-state index in [1.54, 1.807) is 18.2 Å². The van der Waals surface area contributed by atoms with Crippen LogP contribution in [0.5, 0.6) is 5.88 Å². The Morgan fingerprint density at radius 3 is 2.53 bits per heavy atom. The quantitative estimate of drug-likeness (QED) is 0.368. The Balaban J connectivity index is 1.86. The Labute approximate surface area is 197 Å². The Morgan fingerprint density at radius 1 is 1.16 bits per heavy atom. The molecular weight excluding hydrogens is 467 g/mol. The molecule has 0 saturated heterocycles. The number of ketones is 1. The molecule has 0 saturated carbocycles. The van der Waals surface area contributed by atoms with Gasteiger partial charge in [-0.25, -0.2) is 0 Å². The molecule has 0 radical (unpaired) electrons. The summed E-state index contributed by atoms with van der Waals surface area (Å²) < 4.78 is 1.79. The second kappa shape index (κ2) is 8.79. The number of hydrogen-bond acceptors (Lipinski definition) is 5. The molecule has 160 valence electrons. The first-order valence-corrected chi connectivity index (χ1v) is 11.2. The van der Waals surface area contributed by atoms with Crippen molar-refractivity contribution < 1.29 is 9.90 Å². The van der Waals surface area contributed by atoms with Crippen LogP contribution < -0.4 is 5.56 Å². The van der Waals surface area contributed by atoms with Gasteiger partial charge in [-0.05, 0) is 36.6 Å². The number of nitriles is 1. The third kappa shape index (κ3) is 3.69. The number of halogens is 2. The number of fused-ring (bicyclic) bond motifs is 1. The molecule has 8 heteroatoms. The van der Waals surface area contributed by atoms with Crippen LogP contribution in [0, 0.1) is 18.3 Å².